The largest absolute Gasteiger partial charge is 0.298 e. The molecule has 1 aromatic rings. The first-order valence-electron chi connectivity index (χ1n) is 5.73. The molecule has 0 amide bonds. The van der Waals surface area contributed by atoms with Crippen molar-refractivity contribution in [3.8, 4) is 0 Å². The molecule has 1 saturated heterocycles. The summed E-state index contributed by atoms with van der Waals surface area (Å²) in [6, 6.07) is 10.4. The normalized spacial score (nSPS) is 21.2. The lowest BCUT2D eigenvalue weighted by atomic mass is 10.1. The predicted octanol–water partition coefficient (Wildman–Crippen LogP) is 2.41. The molecule has 1 aromatic carbocycles. The van der Waals surface area contributed by atoms with E-state index in [1.165, 1.54) is 5.56 Å². The zero-order valence-electron chi connectivity index (χ0n) is 9.43. The standard InChI is InChI=1S/C14H17NO/c1-2-6-13-14(16)9-10-15(13)11-12-7-4-3-5-8-12/h2-5,7-8,13H,1,6,9-11H2/t13-/m1/s1. The lowest BCUT2D eigenvalue weighted by Crippen LogP contribution is -2.32. The fourth-order valence-corrected chi connectivity index (χ4v) is 2.23. The van der Waals surface area contributed by atoms with E-state index in [9.17, 15) is 4.79 Å². The van der Waals surface area contributed by atoms with Crippen LogP contribution < -0.4 is 0 Å². The van der Waals surface area contributed by atoms with Gasteiger partial charge in [-0.2, -0.15) is 0 Å². The van der Waals surface area contributed by atoms with Gasteiger partial charge in [-0.3, -0.25) is 9.69 Å². The number of carbonyl (C=O) groups is 1. The number of nitrogens with zero attached hydrogens (tertiary/aromatic N) is 1. The second-order valence-electron chi connectivity index (χ2n) is 4.21. The Labute approximate surface area is 96.6 Å². The first-order valence-corrected chi connectivity index (χ1v) is 5.73. The van der Waals surface area contributed by atoms with Crippen LogP contribution in [0.25, 0.3) is 0 Å². The molecule has 0 radical (unpaired) electrons. The third-order valence-electron chi connectivity index (χ3n) is 3.08. The molecular weight excluding hydrogens is 198 g/mol. The summed E-state index contributed by atoms with van der Waals surface area (Å²) in [5, 5.41) is 0. The van der Waals surface area contributed by atoms with E-state index in [1.807, 2.05) is 24.3 Å². The van der Waals surface area contributed by atoms with Crippen LogP contribution in [0, 0.1) is 0 Å². The highest BCUT2D eigenvalue weighted by atomic mass is 16.1. The van der Waals surface area contributed by atoms with Gasteiger partial charge in [0.15, 0.2) is 5.78 Å². The van der Waals surface area contributed by atoms with Crippen LogP contribution in [0.1, 0.15) is 18.4 Å². The highest BCUT2D eigenvalue weighted by molar-refractivity contribution is 5.86. The molecule has 0 unspecified atom stereocenters. The highest BCUT2D eigenvalue weighted by Crippen LogP contribution is 2.19. The van der Waals surface area contributed by atoms with Gasteiger partial charge in [0.1, 0.15) is 0 Å². The van der Waals surface area contributed by atoms with E-state index in [2.05, 4.69) is 23.6 Å². The van der Waals surface area contributed by atoms with Gasteiger partial charge >= 0.3 is 0 Å². The van der Waals surface area contributed by atoms with Crippen molar-refractivity contribution in [2.45, 2.75) is 25.4 Å². The smallest absolute Gasteiger partial charge is 0.151 e. The second kappa shape index (κ2) is 5.08. The molecule has 1 fully saturated rings. The Morgan fingerprint density at radius 3 is 2.81 bits per heavy atom. The van der Waals surface area contributed by atoms with E-state index in [4.69, 9.17) is 0 Å². The number of benzene rings is 1. The fourth-order valence-electron chi connectivity index (χ4n) is 2.23. The van der Waals surface area contributed by atoms with E-state index in [-0.39, 0.29) is 6.04 Å². The molecule has 0 aromatic heterocycles. The monoisotopic (exact) mass is 215 g/mol. The Morgan fingerprint density at radius 2 is 2.12 bits per heavy atom. The van der Waals surface area contributed by atoms with Crippen molar-refractivity contribution < 1.29 is 4.79 Å². The third kappa shape index (κ3) is 2.39. The second-order valence-corrected chi connectivity index (χ2v) is 4.21. The van der Waals surface area contributed by atoms with Gasteiger partial charge in [0.05, 0.1) is 6.04 Å². The Balaban J connectivity index is 2.04. The summed E-state index contributed by atoms with van der Waals surface area (Å²) in [6.45, 7) is 5.47. The van der Waals surface area contributed by atoms with Crippen molar-refractivity contribution in [3.63, 3.8) is 0 Å². The molecule has 0 N–H and O–H groups in total. The van der Waals surface area contributed by atoms with Crippen molar-refractivity contribution in [2.24, 2.45) is 0 Å². The minimum absolute atomic E-state index is 0.0534. The van der Waals surface area contributed by atoms with Crippen LogP contribution in [-0.4, -0.2) is 23.3 Å². The van der Waals surface area contributed by atoms with Crippen molar-refractivity contribution in [3.05, 3.63) is 48.6 Å². The Bertz CT molecular complexity index is 372. The van der Waals surface area contributed by atoms with Gasteiger partial charge in [0.2, 0.25) is 0 Å². The van der Waals surface area contributed by atoms with Crippen molar-refractivity contribution in [1.82, 2.24) is 4.90 Å². The van der Waals surface area contributed by atoms with Crippen LogP contribution in [0.15, 0.2) is 43.0 Å². The summed E-state index contributed by atoms with van der Waals surface area (Å²) in [7, 11) is 0. The molecule has 84 valence electrons. The van der Waals surface area contributed by atoms with E-state index < -0.39 is 0 Å². The van der Waals surface area contributed by atoms with Gasteiger partial charge in [0.25, 0.3) is 0 Å². The van der Waals surface area contributed by atoms with Gasteiger partial charge in [-0.25, -0.2) is 0 Å². The van der Waals surface area contributed by atoms with Crippen LogP contribution in [0.4, 0.5) is 0 Å². The van der Waals surface area contributed by atoms with Gasteiger partial charge in [-0.1, -0.05) is 36.4 Å². The van der Waals surface area contributed by atoms with Crippen LogP contribution in [0.2, 0.25) is 0 Å². The zero-order chi connectivity index (χ0) is 11.4. The maximum absolute atomic E-state index is 11.7. The van der Waals surface area contributed by atoms with Crippen LogP contribution in [0.3, 0.4) is 0 Å². The van der Waals surface area contributed by atoms with Crippen LogP contribution in [-0.2, 0) is 11.3 Å². The number of rotatable bonds is 4. The summed E-state index contributed by atoms with van der Waals surface area (Å²) in [4.78, 5) is 13.9. The molecule has 2 heteroatoms. The SMILES string of the molecule is C=CC[C@@H]1C(=O)CCN1Cc1ccccc1. The minimum Gasteiger partial charge on any atom is -0.298 e. The molecule has 0 spiro atoms. The summed E-state index contributed by atoms with van der Waals surface area (Å²) in [5.74, 6) is 0.357. The lowest BCUT2D eigenvalue weighted by Gasteiger charge is -2.22. The number of Topliss-reactive ketones (excluding diaryl/α,β-unsaturated/α-hetero) is 1. The molecule has 1 aliphatic heterocycles. The van der Waals surface area contributed by atoms with Gasteiger partial charge in [-0.05, 0) is 12.0 Å². The fraction of sp³-hybridized carbons (Fsp3) is 0.357. The molecule has 1 aliphatic rings. The summed E-state index contributed by atoms with van der Waals surface area (Å²) >= 11 is 0. The topological polar surface area (TPSA) is 20.3 Å². The summed E-state index contributed by atoms with van der Waals surface area (Å²) in [6.07, 6.45) is 3.29. The van der Waals surface area contributed by atoms with Gasteiger partial charge in [-0.15, -0.1) is 6.58 Å². The molecule has 1 heterocycles. The molecule has 1 atom stereocenters. The van der Waals surface area contributed by atoms with E-state index in [1.54, 1.807) is 0 Å². The van der Waals surface area contributed by atoms with E-state index >= 15 is 0 Å². The number of ketones is 1. The van der Waals surface area contributed by atoms with Crippen molar-refractivity contribution in [1.29, 1.82) is 0 Å². The Hall–Kier alpha value is -1.41. The maximum Gasteiger partial charge on any atom is 0.151 e. The first-order chi connectivity index (χ1) is 7.81. The summed E-state index contributed by atoms with van der Waals surface area (Å²) in [5.41, 5.74) is 1.27. The molecule has 0 bridgehead atoms. The predicted molar refractivity (Wildman–Crippen MR) is 65.1 cm³/mol. The van der Waals surface area contributed by atoms with E-state index in [0.29, 0.717) is 12.2 Å². The molecule has 16 heavy (non-hydrogen) atoms. The Kier molecular flexibility index (Phi) is 3.52. The lowest BCUT2D eigenvalue weighted by molar-refractivity contribution is -0.119. The van der Waals surface area contributed by atoms with Gasteiger partial charge in [0, 0.05) is 19.5 Å². The number of likely N-dealkylation sites (tertiary alicyclic amines) is 1. The molecular formula is C14H17NO. The zero-order valence-corrected chi connectivity index (χ0v) is 9.43. The molecule has 0 aliphatic carbocycles. The molecule has 2 nitrogen and oxygen atoms in total. The molecule has 2 rings (SSSR count). The summed E-state index contributed by atoms with van der Waals surface area (Å²) < 4.78 is 0. The third-order valence-corrected chi connectivity index (χ3v) is 3.08. The average Bonchev–Trinajstić information content (AvgIpc) is 2.64. The quantitative estimate of drug-likeness (QED) is 0.719. The number of hydrogen-bond donors (Lipinski definition) is 0. The Morgan fingerprint density at radius 1 is 1.38 bits per heavy atom. The van der Waals surface area contributed by atoms with Crippen molar-refractivity contribution >= 4 is 5.78 Å². The molecule has 0 saturated carbocycles. The van der Waals surface area contributed by atoms with Gasteiger partial charge < -0.3 is 0 Å². The first kappa shape index (κ1) is 11.1. The minimum atomic E-state index is 0.0534. The van der Waals surface area contributed by atoms with Crippen LogP contribution >= 0.6 is 0 Å². The highest BCUT2D eigenvalue weighted by Gasteiger charge is 2.30. The van der Waals surface area contributed by atoms with Crippen molar-refractivity contribution in [2.75, 3.05) is 6.54 Å². The number of hydrogen-bond acceptors (Lipinski definition) is 2. The maximum atomic E-state index is 11.7. The average molecular weight is 215 g/mol. The number of carbonyl (C=O) groups excluding carboxylic acids is 1. The van der Waals surface area contributed by atoms with E-state index in [0.717, 1.165) is 19.5 Å². The van der Waals surface area contributed by atoms with Crippen LogP contribution in [0.5, 0.6) is 0 Å².